The van der Waals surface area contributed by atoms with Crippen molar-refractivity contribution in [2.24, 2.45) is 17.2 Å². The number of ether oxygens (including phenoxy) is 2. The van der Waals surface area contributed by atoms with Gasteiger partial charge in [-0.15, -0.1) is 0 Å². The first-order valence-electron chi connectivity index (χ1n) is 10.7. The number of hydrogen-bond donors (Lipinski definition) is 4. The van der Waals surface area contributed by atoms with Gasteiger partial charge in [0, 0.05) is 12.4 Å². The minimum atomic E-state index is -0.400. The van der Waals surface area contributed by atoms with Crippen LogP contribution in [-0.4, -0.2) is 25.5 Å². The van der Waals surface area contributed by atoms with Crippen molar-refractivity contribution in [3.8, 4) is 11.5 Å². The highest BCUT2D eigenvalue weighted by molar-refractivity contribution is 5.75. The van der Waals surface area contributed by atoms with Crippen LogP contribution in [0.15, 0.2) is 91.3 Å². The fraction of sp³-hybridized carbons (Fsp3) is 0.154. The highest BCUT2D eigenvalue weighted by Crippen LogP contribution is 2.22. The molecule has 0 aliphatic heterocycles. The number of carbonyl (C=O) groups excluding carboxylic acids is 2. The van der Waals surface area contributed by atoms with Crippen LogP contribution in [0.4, 0.5) is 4.39 Å². The van der Waals surface area contributed by atoms with Gasteiger partial charge in [-0.1, -0.05) is 42.5 Å². The summed E-state index contributed by atoms with van der Waals surface area (Å²) >= 11 is 0. The van der Waals surface area contributed by atoms with E-state index in [4.69, 9.17) is 25.7 Å². The average Bonchev–Trinajstić information content (AvgIpc) is 2.86. The fourth-order valence-electron chi connectivity index (χ4n) is 2.54. The molecule has 3 aromatic carbocycles. The van der Waals surface area contributed by atoms with E-state index in [0.29, 0.717) is 19.0 Å². The Morgan fingerprint density at radius 1 is 0.886 bits per heavy atom. The normalized spacial score (nSPS) is 9.74. The Balaban J connectivity index is 0.000000470. The number of amides is 2. The molecular weight excluding hydrogens is 451 g/mol. The van der Waals surface area contributed by atoms with Crippen molar-refractivity contribution in [2.75, 3.05) is 13.2 Å². The van der Waals surface area contributed by atoms with Crippen LogP contribution >= 0.6 is 0 Å². The molecule has 35 heavy (non-hydrogen) atoms. The SMILES string of the molecule is Fc1ccc(Oc2ccc(CCOCc3ccccc3)cc2)cc1.N/C=C\NCC(N)=O.NC=O. The summed E-state index contributed by atoms with van der Waals surface area (Å²) in [5.74, 6) is 0.683. The lowest BCUT2D eigenvalue weighted by atomic mass is 10.1. The second-order valence-corrected chi connectivity index (χ2v) is 6.83. The second-order valence-electron chi connectivity index (χ2n) is 6.83. The number of nitrogens with one attached hydrogen (secondary N) is 1. The van der Waals surface area contributed by atoms with Gasteiger partial charge in [-0.05, 0) is 53.9 Å². The molecule has 0 bridgehead atoms. The van der Waals surface area contributed by atoms with Crippen molar-refractivity contribution in [2.45, 2.75) is 13.0 Å². The smallest absolute Gasteiger partial charge is 0.236 e. The number of hydrogen-bond acceptors (Lipinski definition) is 6. The third-order valence-corrected chi connectivity index (χ3v) is 4.11. The van der Waals surface area contributed by atoms with Crippen molar-refractivity contribution in [3.63, 3.8) is 0 Å². The predicted octanol–water partition coefficient (Wildman–Crippen LogP) is 2.97. The third-order valence-electron chi connectivity index (χ3n) is 4.11. The number of nitrogens with two attached hydrogens (primary N) is 3. The topological polar surface area (TPSA) is 143 Å². The largest absolute Gasteiger partial charge is 0.457 e. The highest BCUT2D eigenvalue weighted by Gasteiger charge is 2.00. The first-order valence-corrected chi connectivity index (χ1v) is 10.7. The Bertz CT molecular complexity index is 998. The maximum Gasteiger partial charge on any atom is 0.236 e. The van der Waals surface area contributed by atoms with E-state index in [1.165, 1.54) is 35.7 Å². The Kier molecular flexibility index (Phi) is 14.8. The molecule has 0 unspecified atom stereocenters. The lowest BCUT2D eigenvalue weighted by Gasteiger charge is -2.07. The number of benzene rings is 3. The quantitative estimate of drug-likeness (QED) is 0.258. The zero-order chi connectivity index (χ0) is 25.7. The van der Waals surface area contributed by atoms with Gasteiger partial charge >= 0.3 is 0 Å². The molecule has 2 amide bonds. The number of halogens is 1. The third kappa shape index (κ3) is 14.4. The number of primary amides is 2. The zero-order valence-corrected chi connectivity index (χ0v) is 19.3. The fourth-order valence-corrected chi connectivity index (χ4v) is 2.54. The van der Waals surface area contributed by atoms with Crippen LogP contribution in [-0.2, 0) is 27.4 Å². The van der Waals surface area contributed by atoms with Crippen LogP contribution in [0.25, 0.3) is 0 Å². The molecule has 7 N–H and O–H groups in total. The number of carbonyl (C=O) groups is 2. The lowest BCUT2D eigenvalue weighted by Crippen LogP contribution is -2.24. The predicted molar refractivity (Wildman–Crippen MR) is 133 cm³/mol. The summed E-state index contributed by atoms with van der Waals surface area (Å²) in [4.78, 5) is 18.5. The van der Waals surface area contributed by atoms with Gasteiger partial charge in [0.1, 0.15) is 17.3 Å². The standard InChI is InChI=1S/C21H19FO2.C4H9N3O.CH3NO/c22-19-8-12-21(13-9-19)24-20-10-6-17(7-11-20)14-15-23-16-18-4-2-1-3-5-18;5-1-2-7-3-4(6)8;2-1-3/h1-13H,14-16H2;1-2,7H,3,5H2,(H2,6,8);1H,(H2,2,3)/b;2-1-;. The van der Waals surface area contributed by atoms with Crippen LogP contribution in [0.3, 0.4) is 0 Å². The molecule has 0 aliphatic carbocycles. The molecule has 8 nitrogen and oxygen atoms in total. The summed E-state index contributed by atoms with van der Waals surface area (Å²) < 4.78 is 24.2. The molecule has 3 aromatic rings. The minimum absolute atomic E-state index is 0.133. The molecule has 0 atom stereocenters. The van der Waals surface area contributed by atoms with Gasteiger partial charge in [0.05, 0.1) is 19.8 Å². The van der Waals surface area contributed by atoms with E-state index in [1.807, 2.05) is 42.5 Å². The Morgan fingerprint density at radius 3 is 2.00 bits per heavy atom. The van der Waals surface area contributed by atoms with E-state index >= 15 is 0 Å². The molecular formula is C26H31FN4O4. The van der Waals surface area contributed by atoms with E-state index in [2.05, 4.69) is 23.2 Å². The molecule has 0 radical (unpaired) electrons. The molecule has 0 aliphatic rings. The summed E-state index contributed by atoms with van der Waals surface area (Å²) in [5.41, 5.74) is 16.2. The maximum atomic E-state index is 12.9. The minimum Gasteiger partial charge on any atom is -0.457 e. The zero-order valence-electron chi connectivity index (χ0n) is 19.3. The van der Waals surface area contributed by atoms with Gasteiger partial charge in [0.2, 0.25) is 12.3 Å². The monoisotopic (exact) mass is 482 g/mol. The Labute approximate surface area is 204 Å². The van der Waals surface area contributed by atoms with Crippen LogP contribution in [0.5, 0.6) is 11.5 Å². The molecule has 0 spiro atoms. The van der Waals surface area contributed by atoms with Gasteiger partial charge in [-0.3, -0.25) is 9.59 Å². The number of rotatable bonds is 10. The second kappa shape index (κ2) is 18.1. The highest BCUT2D eigenvalue weighted by atomic mass is 19.1. The molecule has 0 saturated heterocycles. The molecule has 9 heteroatoms. The van der Waals surface area contributed by atoms with Crippen molar-refractivity contribution in [1.29, 1.82) is 0 Å². The van der Waals surface area contributed by atoms with Crippen molar-refractivity contribution < 1.29 is 23.5 Å². The van der Waals surface area contributed by atoms with Gasteiger partial charge in [0.15, 0.2) is 0 Å². The van der Waals surface area contributed by atoms with Crippen LogP contribution in [0.2, 0.25) is 0 Å². The van der Waals surface area contributed by atoms with Crippen molar-refractivity contribution >= 4 is 12.3 Å². The van der Waals surface area contributed by atoms with E-state index < -0.39 is 5.91 Å². The Morgan fingerprint density at radius 2 is 1.46 bits per heavy atom. The van der Waals surface area contributed by atoms with Crippen molar-refractivity contribution in [1.82, 2.24) is 5.32 Å². The van der Waals surface area contributed by atoms with E-state index in [0.717, 1.165) is 12.2 Å². The van der Waals surface area contributed by atoms with Crippen LogP contribution < -0.4 is 27.3 Å². The molecule has 0 fully saturated rings. The van der Waals surface area contributed by atoms with Crippen LogP contribution in [0, 0.1) is 5.82 Å². The van der Waals surface area contributed by atoms with E-state index in [1.54, 1.807) is 12.1 Å². The van der Waals surface area contributed by atoms with E-state index in [9.17, 15) is 9.18 Å². The molecule has 3 rings (SSSR count). The summed E-state index contributed by atoms with van der Waals surface area (Å²) in [6.45, 7) is 1.44. The molecule has 0 aromatic heterocycles. The van der Waals surface area contributed by atoms with Gasteiger partial charge < -0.3 is 32.0 Å². The van der Waals surface area contributed by atoms with Gasteiger partial charge in [0.25, 0.3) is 0 Å². The summed E-state index contributed by atoms with van der Waals surface area (Å²) in [7, 11) is 0. The van der Waals surface area contributed by atoms with Crippen LogP contribution in [0.1, 0.15) is 11.1 Å². The summed E-state index contributed by atoms with van der Waals surface area (Å²) in [6, 6.07) is 24.0. The first kappa shape index (κ1) is 28.7. The molecule has 186 valence electrons. The average molecular weight is 483 g/mol. The van der Waals surface area contributed by atoms with E-state index in [-0.39, 0.29) is 18.8 Å². The van der Waals surface area contributed by atoms with Gasteiger partial charge in [-0.25, -0.2) is 4.39 Å². The lowest BCUT2D eigenvalue weighted by molar-refractivity contribution is -0.117. The molecule has 0 heterocycles. The summed E-state index contributed by atoms with van der Waals surface area (Å²) in [5, 5.41) is 2.55. The first-order chi connectivity index (χ1) is 17.0. The van der Waals surface area contributed by atoms with Gasteiger partial charge in [-0.2, -0.15) is 0 Å². The van der Waals surface area contributed by atoms with Crippen molar-refractivity contribution in [3.05, 3.63) is 108 Å². The maximum absolute atomic E-state index is 12.9. The molecule has 0 saturated carbocycles. The summed E-state index contributed by atoms with van der Waals surface area (Å²) in [6.07, 6.45) is 3.84. The Hall–Kier alpha value is -4.37.